The fourth-order valence-electron chi connectivity index (χ4n) is 2.96. The van der Waals surface area contributed by atoms with Gasteiger partial charge in [0.15, 0.2) is 0 Å². The number of piperidine rings is 1. The maximum atomic E-state index is 12.3. The molecule has 2 rings (SSSR count). The molecular formula is C18H26N2O3. The second-order valence-corrected chi connectivity index (χ2v) is 6.36. The lowest BCUT2D eigenvalue weighted by molar-refractivity contribution is -0.145. The Morgan fingerprint density at radius 2 is 1.83 bits per heavy atom. The maximum Gasteiger partial charge on any atom is 0.306 e. The molecule has 0 bridgehead atoms. The molecular weight excluding hydrogens is 292 g/mol. The smallest absolute Gasteiger partial charge is 0.306 e. The minimum absolute atomic E-state index is 0.0564. The van der Waals surface area contributed by atoms with Crippen LogP contribution in [0.15, 0.2) is 30.3 Å². The summed E-state index contributed by atoms with van der Waals surface area (Å²) in [5.41, 5.74) is 1.25. The van der Waals surface area contributed by atoms with E-state index in [2.05, 4.69) is 31.3 Å². The molecule has 126 valence electrons. The lowest BCUT2D eigenvalue weighted by Gasteiger charge is -2.31. The lowest BCUT2D eigenvalue weighted by Crippen LogP contribution is -2.46. The van der Waals surface area contributed by atoms with Gasteiger partial charge in [-0.25, -0.2) is 0 Å². The first-order valence-corrected chi connectivity index (χ1v) is 8.28. The average Bonchev–Trinajstić information content (AvgIpc) is 2.59. The first-order valence-electron chi connectivity index (χ1n) is 8.28. The zero-order valence-corrected chi connectivity index (χ0v) is 13.9. The van der Waals surface area contributed by atoms with Gasteiger partial charge in [0.25, 0.3) is 0 Å². The number of hydrogen-bond donors (Lipinski definition) is 2. The van der Waals surface area contributed by atoms with Crippen LogP contribution in [0.3, 0.4) is 0 Å². The van der Waals surface area contributed by atoms with E-state index in [1.165, 1.54) is 5.56 Å². The molecule has 1 fully saturated rings. The van der Waals surface area contributed by atoms with Gasteiger partial charge in [0, 0.05) is 19.1 Å². The van der Waals surface area contributed by atoms with Gasteiger partial charge in [0.1, 0.15) is 0 Å². The molecule has 5 nitrogen and oxygen atoms in total. The number of benzene rings is 1. The number of carbonyl (C=O) groups is 2. The van der Waals surface area contributed by atoms with Crippen LogP contribution in [0.1, 0.15) is 38.2 Å². The molecule has 0 saturated carbocycles. The molecule has 0 radical (unpaired) electrons. The molecule has 2 N–H and O–H groups in total. The molecule has 1 aromatic carbocycles. The lowest BCUT2D eigenvalue weighted by atomic mass is 9.94. The molecule has 5 heteroatoms. The van der Waals surface area contributed by atoms with Gasteiger partial charge < -0.3 is 15.3 Å². The van der Waals surface area contributed by atoms with Crippen LogP contribution in [0.4, 0.5) is 0 Å². The first-order chi connectivity index (χ1) is 11.0. The number of likely N-dealkylation sites (tertiary alicyclic amines) is 1. The quantitative estimate of drug-likeness (QED) is 0.843. The number of carbonyl (C=O) groups excluding carboxylic acids is 1. The number of carboxylic acids is 1. The fourth-order valence-corrected chi connectivity index (χ4v) is 2.96. The van der Waals surface area contributed by atoms with Crippen molar-refractivity contribution in [1.29, 1.82) is 0 Å². The van der Waals surface area contributed by atoms with E-state index in [9.17, 15) is 9.59 Å². The third-order valence-electron chi connectivity index (χ3n) is 4.85. The van der Waals surface area contributed by atoms with Crippen molar-refractivity contribution in [3.05, 3.63) is 35.9 Å². The SMILES string of the molecule is C[C@H](NCC(=O)N1CCC(C(=O)O)CC1)[C@H](C)c1ccccc1. The Morgan fingerprint density at radius 3 is 2.39 bits per heavy atom. The Kier molecular flexibility index (Phi) is 6.16. The van der Waals surface area contributed by atoms with Crippen molar-refractivity contribution in [2.45, 2.75) is 38.6 Å². The van der Waals surface area contributed by atoms with Crippen molar-refractivity contribution in [3.8, 4) is 0 Å². The Morgan fingerprint density at radius 1 is 1.22 bits per heavy atom. The summed E-state index contributed by atoms with van der Waals surface area (Å²) in [6, 6.07) is 10.4. The summed E-state index contributed by atoms with van der Waals surface area (Å²) in [5.74, 6) is -0.674. The van der Waals surface area contributed by atoms with Crippen LogP contribution in [0, 0.1) is 5.92 Å². The summed E-state index contributed by atoms with van der Waals surface area (Å²) >= 11 is 0. The van der Waals surface area contributed by atoms with Crippen LogP contribution in [-0.2, 0) is 9.59 Å². The minimum atomic E-state index is -0.750. The highest BCUT2D eigenvalue weighted by Crippen LogP contribution is 2.19. The van der Waals surface area contributed by atoms with E-state index in [0.717, 1.165) is 0 Å². The largest absolute Gasteiger partial charge is 0.481 e. The van der Waals surface area contributed by atoms with E-state index in [1.807, 2.05) is 18.2 Å². The Bertz CT molecular complexity index is 524. The summed E-state index contributed by atoms with van der Waals surface area (Å²) in [5, 5.41) is 12.3. The van der Waals surface area contributed by atoms with E-state index in [1.54, 1.807) is 4.90 Å². The third kappa shape index (κ3) is 4.79. The van der Waals surface area contributed by atoms with E-state index >= 15 is 0 Å². The van der Waals surface area contributed by atoms with E-state index < -0.39 is 5.97 Å². The molecule has 1 aliphatic rings. The summed E-state index contributed by atoms with van der Waals surface area (Å²) < 4.78 is 0. The van der Waals surface area contributed by atoms with Gasteiger partial charge in [-0.15, -0.1) is 0 Å². The molecule has 0 unspecified atom stereocenters. The number of aliphatic carboxylic acids is 1. The number of nitrogens with one attached hydrogen (secondary N) is 1. The second kappa shape index (κ2) is 8.11. The van der Waals surface area contributed by atoms with Gasteiger partial charge in [0.05, 0.1) is 12.5 Å². The predicted molar refractivity (Wildman–Crippen MR) is 89.3 cm³/mol. The Balaban J connectivity index is 1.77. The van der Waals surface area contributed by atoms with Crippen molar-refractivity contribution in [2.24, 2.45) is 5.92 Å². The molecule has 0 spiro atoms. The zero-order chi connectivity index (χ0) is 16.8. The highest BCUT2D eigenvalue weighted by molar-refractivity contribution is 5.79. The number of amides is 1. The van der Waals surface area contributed by atoms with Crippen molar-refractivity contribution in [1.82, 2.24) is 10.2 Å². The molecule has 1 saturated heterocycles. The molecule has 1 aromatic rings. The highest BCUT2D eigenvalue weighted by Gasteiger charge is 2.27. The van der Waals surface area contributed by atoms with Crippen LogP contribution in [-0.4, -0.2) is 47.6 Å². The van der Waals surface area contributed by atoms with Crippen molar-refractivity contribution in [2.75, 3.05) is 19.6 Å². The molecule has 1 aliphatic heterocycles. The summed E-state index contributed by atoms with van der Waals surface area (Å²) in [6.07, 6.45) is 1.11. The van der Waals surface area contributed by atoms with Gasteiger partial charge in [0.2, 0.25) is 5.91 Å². The van der Waals surface area contributed by atoms with Crippen molar-refractivity contribution in [3.63, 3.8) is 0 Å². The van der Waals surface area contributed by atoms with Gasteiger partial charge >= 0.3 is 5.97 Å². The van der Waals surface area contributed by atoms with Crippen molar-refractivity contribution >= 4 is 11.9 Å². The summed E-state index contributed by atoms with van der Waals surface area (Å²) in [6.45, 7) is 5.62. The van der Waals surface area contributed by atoms with Crippen LogP contribution < -0.4 is 5.32 Å². The zero-order valence-electron chi connectivity index (χ0n) is 13.9. The Labute approximate surface area is 137 Å². The Hall–Kier alpha value is -1.88. The molecule has 1 heterocycles. The predicted octanol–water partition coefficient (Wildman–Crippen LogP) is 2.09. The van der Waals surface area contributed by atoms with E-state index in [0.29, 0.717) is 38.4 Å². The van der Waals surface area contributed by atoms with Crippen LogP contribution >= 0.6 is 0 Å². The van der Waals surface area contributed by atoms with E-state index in [4.69, 9.17) is 5.11 Å². The maximum absolute atomic E-state index is 12.3. The molecule has 0 aliphatic carbocycles. The van der Waals surface area contributed by atoms with Crippen molar-refractivity contribution < 1.29 is 14.7 Å². The van der Waals surface area contributed by atoms with Gasteiger partial charge in [-0.05, 0) is 31.2 Å². The van der Waals surface area contributed by atoms with Gasteiger partial charge in [-0.3, -0.25) is 9.59 Å². The minimum Gasteiger partial charge on any atom is -0.481 e. The van der Waals surface area contributed by atoms with Gasteiger partial charge in [-0.2, -0.15) is 0 Å². The first kappa shape index (κ1) is 17.5. The van der Waals surface area contributed by atoms with Crippen LogP contribution in [0.25, 0.3) is 0 Å². The van der Waals surface area contributed by atoms with Crippen LogP contribution in [0.2, 0.25) is 0 Å². The number of carboxylic acid groups (broad SMARTS) is 1. The van der Waals surface area contributed by atoms with Crippen LogP contribution in [0.5, 0.6) is 0 Å². The highest BCUT2D eigenvalue weighted by atomic mass is 16.4. The van der Waals surface area contributed by atoms with Gasteiger partial charge in [-0.1, -0.05) is 37.3 Å². The molecule has 1 amide bonds. The molecule has 0 aromatic heterocycles. The summed E-state index contributed by atoms with van der Waals surface area (Å²) in [7, 11) is 0. The molecule has 2 atom stereocenters. The fraction of sp³-hybridized carbons (Fsp3) is 0.556. The monoisotopic (exact) mass is 318 g/mol. The third-order valence-corrected chi connectivity index (χ3v) is 4.85. The topological polar surface area (TPSA) is 69.6 Å². The normalized spacial score (nSPS) is 18.4. The number of hydrogen-bond acceptors (Lipinski definition) is 3. The summed E-state index contributed by atoms with van der Waals surface area (Å²) in [4.78, 5) is 25.0. The number of rotatable bonds is 6. The second-order valence-electron chi connectivity index (χ2n) is 6.36. The standard InChI is InChI=1S/C18H26N2O3/c1-13(15-6-4-3-5-7-15)14(2)19-12-17(21)20-10-8-16(9-11-20)18(22)23/h3-7,13-14,16,19H,8-12H2,1-2H3,(H,22,23)/t13-,14-/m0/s1. The average molecular weight is 318 g/mol. The number of nitrogens with zero attached hydrogens (tertiary/aromatic N) is 1. The van der Waals surface area contributed by atoms with E-state index in [-0.39, 0.29) is 17.9 Å². The molecule has 23 heavy (non-hydrogen) atoms.